The first-order valence-corrected chi connectivity index (χ1v) is 8.18. The number of hydrogen-bond donors (Lipinski definition) is 1. The first kappa shape index (κ1) is 17.2. The number of likely N-dealkylation sites (N-methyl/N-ethyl adjacent to an activating group) is 1. The lowest BCUT2D eigenvalue weighted by Gasteiger charge is -2.43. The quantitative estimate of drug-likeness (QED) is 0.808. The number of carboxylic acids is 1. The summed E-state index contributed by atoms with van der Waals surface area (Å²) in [5.41, 5.74) is 0.494. The van der Waals surface area contributed by atoms with Crippen LogP contribution in [-0.2, 0) is 14.4 Å². The van der Waals surface area contributed by atoms with Gasteiger partial charge in [0, 0.05) is 25.5 Å². The highest BCUT2D eigenvalue weighted by Crippen LogP contribution is 2.38. The van der Waals surface area contributed by atoms with E-state index in [1.807, 2.05) is 6.92 Å². The summed E-state index contributed by atoms with van der Waals surface area (Å²) in [4.78, 5) is 38.1. The van der Waals surface area contributed by atoms with Crippen LogP contribution in [-0.4, -0.2) is 53.0 Å². The van der Waals surface area contributed by atoms with E-state index in [-0.39, 0.29) is 37.6 Å². The van der Waals surface area contributed by atoms with Gasteiger partial charge in [0.2, 0.25) is 11.8 Å². The second-order valence-electron chi connectivity index (χ2n) is 6.12. The molecule has 8 heteroatoms. The van der Waals surface area contributed by atoms with Crippen LogP contribution < -0.4 is 9.64 Å². The number of hydrogen-bond acceptors (Lipinski definition) is 5. The molecule has 3 rings (SSSR count). The minimum absolute atomic E-state index is 0.0272. The summed E-state index contributed by atoms with van der Waals surface area (Å²) < 4.78 is 19.5. The number of carboxylic acid groups (broad SMARTS) is 1. The number of carbonyl (C=O) groups is 3. The molecule has 2 atom stereocenters. The van der Waals surface area contributed by atoms with E-state index in [2.05, 4.69) is 0 Å². The number of imide groups is 1. The third-order valence-electron chi connectivity index (χ3n) is 4.58. The molecule has 1 fully saturated rings. The lowest BCUT2D eigenvalue weighted by molar-refractivity contribution is -0.139. The second-order valence-corrected chi connectivity index (χ2v) is 6.12. The van der Waals surface area contributed by atoms with Crippen LogP contribution in [0.25, 0.3) is 0 Å². The van der Waals surface area contributed by atoms with Crippen LogP contribution in [0.2, 0.25) is 0 Å². The van der Waals surface area contributed by atoms with Gasteiger partial charge >= 0.3 is 5.97 Å². The van der Waals surface area contributed by atoms with Crippen molar-refractivity contribution in [2.45, 2.75) is 38.3 Å². The zero-order valence-corrected chi connectivity index (χ0v) is 13.8. The van der Waals surface area contributed by atoms with Crippen LogP contribution in [0.1, 0.15) is 26.2 Å². The number of rotatable bonds is 5. The molecule has 1 N–H and O–H groups in total. The fourth-order valence-electron chi connectivity index (χ4n) is 3.42. The Kier molecular flexibility index (Phi) is 4.61. The minimum atomic E-state index is -1.05. The molecule has 2 aliphatic heterocycles. The van der Waals surface area contributed by atoms with Crippen LogP contribution in [0.5, 0.6) is 5.75 Å². The maximum absolute atomic E-state index is 13.7. The molecule has 2 amide bonds. The van der Waals surface area contributed by atoms with E-state index < -0.39 is 23.9 Å². The Morgan fingerprint density at radius 2 is 2.00 bits per heavy atom. The SMILES string of the molecule is CCN1c2cc(F)ccc2OC(CC(=O)O)C1CN1C(=O)CCC1=O. The van der Waals surface area contributed by atoms with Gasteiger partial charge in [0.25, 0.3) is 0 Å². The molecule has 2 aliphatic rings. The van der Waals surface area contributed by atoms with Gasteiger partial charge in [-0.25, -0.2) is 4.39 Å². The molecule has 1 saturated heterocycles. The van der Waals surface area contributed by atoms with Gasteiger partial charge in [-0.15, -0.1) is 0 Å². The van der Waals surface area contributed by atoms with Crippen LogP contribution in [0.3, 0.4) is 0 Å². The highest BCUT2D eigenvalue weighted by molar-refractivity contribution is 6.02. The van der Waals surface area contributed by atoms with E-state index in [0.29, 0.717) is 18.0 Å². The number of carbonyl (C=O) groups excluding carboxylic acids is 2. The normalized spacial score (nSPS) is 22.8. The van der Waals surface area contributed by atoms with E-state index in [4.69, 9.17) is 4.74 Å². The number of amides is 2. The highest BCUT2D eigenvalue weighted by atomic mass is 19.1. The van der Waals surface area contributed by atoms with E-state index in [1.54, 1.807) is 4.90 Å². The molecular weight excluding hydrogens is 331 g/mol. The smallest absolute Gasteiger partial charge is 0.307 e. The summed E-state index contributed by atoms with van der Waals surface area (Å²) in [6.45, 7) is 2.33. The van der Waals surface area contributed by atoms with Crippen molar-refractivity contribution in [3.05, 3.63) is 24.0 Å². The van der Waals surface area contributed by atoms with E-state index in [1.165, 1.54) is 18.2 Å². The molecule has 134 valence electrons. The Balaban J connectivity index is 1.96. The first-order valence-electron chi connectivity index (χ1n) is 8.18. The molecule has 7 nitrogen and oxygen atoms in total. The van der Waals surface area contributed by atoms with Gasteiger partial charge in [-0.2, -0.15) is 0 Å². The number of benzene rings is 1. The van der Waals surface area contributed by atoms with Gasteiger partial charge < -0.3 is 14.7 Å². The summed E-state index contributed by atoms with van der Waals surface area (Å²) in [5.74, 6) is -1.65. The van der Waals surface area contributed by atoms with E-state index in [9.17, 15) is 23.9 Å². The summed E-state index contributed by atoms with van der Waals surface area (Å²) in [6, 6.07) is 3.47. The largest absolute Gasteiger partial charge is 0.485 e. The zero-order valence-electron chi connectivity index (χ0n) is 13.8. The fourth-order valence-corrected chi connectivity index (χ4v) is 3.42. The Morgan fingerprint density at radius 3 is 2.60 bits per heavy atom. The van der Waals surface area contributed by atoms with Crippen molar-refractivity contribution in [3.8, 4) is 5.75 Å². The molecule has 0 bridgehead atoms. The van der Waals surface area contributed by atoms with Crippen molar-refractivity contribution in [1.29, 1.82) is 0 Å². The molecule has 25 heavy (non-hydrogen) atoms. The lowest BCUT2D eigenvalue weighted by atomic mass is 10.0. The Bertz CT molecular complexity index is 707. The monoisotopic (exact) mass is 350 g/mol. The molecular formula is C17H19FN2O5. The zero-order chi connectivity index (χ0) is 18.1. The number of halogens is 1. The van der Waals surface area contributed by atoms with Gasteiger partial charge in [0.15, 0.2) is 0 Å². The van der Waals surface area contributed by atoms with Gasteiger partial charge in [-0.1, -0.05) is 0 Å². The van der Waals surface area contributed by atoms with Crippen molar-refractivity contribution in [3.63, 3.8) is 0 Å². The number of fused-ring (bicyclic) bond motifs is 1. The van der Waals surface area contributed by atoms with Crippen LogP contribution in [0.15, 0.2) is 18.2 Å². The van der Waals surface area contributed by atoms with Crippen LogP contribution >= 0.6 is 0 Å². The Morgan fingerprint density at radius 1 is 1.32 bits per heavy atom. The molecule has 0 aliphatic carbocycles. The second kappa shape index (κ2) is 6.70. The summed E-state index contributed by atoms with van der Waals surface area (Å²) >= 11 is 0. The third kappa shape index (κ3) is 3.29. The van der Waals surface area contributed by atoms with Crippen LogP contribution in [0.4, 0.5) is 10.1 Å². The molecule has 0 spiro atoms. The van der Waals surface area contributed by atoms with Crippen molar-refractivity contribution < 1.29 is 28.6 Å². The van der Waals surface area contributed by atoms with Gasteiger partial charge in [-0.05, 0) is 19.1 Å². The maximum atomic E-state index is 13.7. The van der Waals surface area contributed by atoms with E-state index >= 15 is 0 Å². The highest BCUT2D eigenvalue weighted by Gasteiger charge is 2.41. The first-order chi connectivity index (χ1) is 11.9. The predicted molar refractivity (Wildman–Crippen MR) is 85.8 cm³/mol. The van der Waals surface area contributed by atoms with Gasteiger partial charge in [0.1, 0.15) is 17.7 Å². The predicted octanol–water partition coefficient (Wildman–Crippen LogP) is 1.41. The van der Waals surface area contributed by atoms with Crippen molar-refractivity contribution >= 4 is 23.5 Å². The number of likely N-dealkylation sites (tertiary alicyclic amines) is 1. The Hall–Kier alpha value is -2.64. The fraction of sp³-hybridized carbons (Fsp3) is 0.471. The van der Waals surface area contributed by atoms with E-state index in [0.717, 1.165) is 4.90 Å². The maximum Gasteiger partial charge on any atom is 0.307 e. The summed E-state index contributed by atoms with van der Waals surface area (Å²) in [5, 5.41) is 9.19. The number of ether oxygens (including phenoxy) is 1. The number of aliphatic carboxylic acids is 1. The topological polar surface area (TPSA) is 87.2 Å². The number of anilines is 1. The van der Waals surface area contributed by atoms with Crippen molar-refractivity contribution in [1.82, 2.24) is 4.90 Å². The van der Waals surface area contributed by atoms with Crippen molar-refractivity contribution in [2.75, 3.05) is 18.0 Å². The molecule has 0 saturated carbocycles. The number of nitrogens with zero attached hydrogens (tertiary/aromatic N) is 2. The van der Waals surface area contributed by atoms with Crippen LogP contribution in [0, 0.1) is 5.82 Å². The molecule has 1 aromatic rings. The Labute approximate surface area is 144 Å². The van der Waals surface area contributed by atoms with Gasteiger partial charge in [0.05, 0.1) is 24.7 Å². The summed E-state index contributed by atoms with van der Waals surface area (Å²) in [6.07, 6.45) is -0.717. The standard InChI is InChI=1S/C17H19FN2O5/c1-2-19-11-7-10(18)3-4-13(11)25-14(8-17(23)24)12(19)9-20-15(21)5-6-16(20)22/h3-4,7,12,14H,2,5-6,8-9H2,1H3,(H,23,24). The average Bonchev–Trinajstić information content (AvgIpc) is 2.87. The summed E-state index contributed by atoms with van der Waals surface area (Å²) in [7, 11) is 0. The minimum Gasteiger partial charge on any atom is -0.485 e. The molecule has 0 aromatic heterocycles. The molecule has 2 unspecified atom stereocenters. The molecule has 1 aromatic carbocycles. The molecule has 0 radical (unpaired) electrons. The molecule has 2 heterocycles. The van der Waals surface area contributed by atoms with Crippen molar-refractivity contribution in [2.24, 2.45) is 0 Å². The van der Waals surface area contributed by atoms with Gasteiger partial charge in [-0.3, -0.25) is 19.3 Å². The third-order valence-corrected chi connectivity index (χ3v) is 4.58. The lowest BCUT2D eigenvalue weighted by Crippen LogP contribution is -2.56. The average molecular weight is 350 g/mol.